The van der Waals surface area contributed by atoms with Crippen molar-refractivity contribution in [3.05, 3.63) is 106 Å². The zero-order valence-corrected chi connectivity index (χ0v) is 27.6. The Balaban J connectivity index is 0.993. The van der Waals surface area contributed by atoms with Crippen molar-refractivity contribution in [3.63, 3.8) is 0 Å². The Hall–Kier alpha value is -4.10. The molecule has 0 spiro atoms. The predicted molar refractivity (Wildman–Crippen MR) is 185 cm³/mol. The highest BCUT2D eigenvalue weighted by molar-refractivity contribution is 5.97. The number of morpholine rings is 1. The van der Waals surface area contributed by atoms with E-state index < -0.39 is 0 Å². The largest absolute Gasteiger partial charge is 0.482 e. The second-order valence-corrected chi connectivity index (χ2v) is 13.3. The van der Waals surface area contributed by atoms with Crippen molar-refractivity contribution in [1.29, 1.82) is 0 Å². The predicted octanol–water partition coefficient (Wildman–Crippen LogP) is 6.27. The first-order valence-corrected chi connectivity index (χ1v) is 17.0. The minimum absolute atomic E-state index is 0.0220. The van der Waals surface area contributed by atoms with E-state index in [1.165, 1.54) is 22.4 Å². The number of nitrogens with zero attached hydrogens (tertiary/aromatic N) is 3. The van der Waals surface area contributed by atoms with E-state index in [0.717, 1.165) is 76.0 Å². The third-order valence-electron chi connectivity index (χ3n) is 9.74. The second-order valence-electron chi connectivity index (χ2n) is 13.3. The van der Waals surface area contributed by atoms with Gasteiger partial charge in [0.25, 0.3) is 11.8 Å². The van der Waals surface area contributed by atoms with Gasteiger partial charge in [-0.05, 0) is 99.5 Å². The van der Waals surface area contributed by atoms with Crippen molar-refractivity contribution >= 4 is 23.6 Å². The molecule has 46 heavy (non-hydrogen) atoms. The standard InChI is InChI=1S/C39H48N4O3/c1-28-8-6-9-32(24-28)27-43-34-10-4-5-11-36(34)46-37(39(43)45)26-31-14-16-33(17-15-31)38(44)40-18-7-19-41-20-22-42(23-21-41)35-25-29(2)12-13-30(35)3/h6,8-9,12-17,24-26,34,36H,4-5,7,10-11,18-23,27H2,1-3H3,(H,40,44)/b37-26+. The molecule has 242 valence electrons. The molecular weight excluding hydrogens is 572 g/mol. The molecule has 0 radical (unpaired) electrons. The maximum Gasteiger partial charge on any atom is 0.289 e. The Kier molecular flexibility index (Phi) is 10.1. The maximum absolute atomic E-state index is 13.7. The van der Waals surface area contributed by atoms with Crippen molar-refractivity contribution in [2.45, 2.75) is 71.6 Å². The number of hydrogen-bond acceptors (Lipinski definition) is 5. The lowest BCUT2D eigenvalue weighted by Crippen LogP contribution is -2.54. The number of amides is 2. The summed E-state index contributed by atoms with van der Waals surface area (Å²) in [6.07, 6.45) is 6.95. The summed E-state index contributed by atoms with van der Waals surface area (Å²) in [4.78, 5) is 33.5. The summed E-state index contributed by atoms with van der Waals surface area (Å²) in [7, 11) is 0. The van der Waals surface area contributed by atoms with E-state index in [1.807, 2.05) is 35.2 Å². The number of fused-ring (bicyclic) bond motifs is 1. The van der Waals surface area contributed by atoms with Gasteiger partial charge in [0.2, 0.25) is 0 Å². The summed E-state index contributed by atoms with van der Waals surface area (Å²) in [5.41, 5.74) is 7.80. The van der Waals surface area contributed by atoms with Gasteiger partial charge < -0.3 is 19.9 Å². The summed E-state index contributed by atoms with van der Waals surface area (Å²) in [5, 5.41) is 3.08. The zero-order chi connectivity index (χ0) is 32.0. The first kappa shape index (κ1) is 31.9. The van der Waals surface area contributed by atoms with Gasteiger partial charge >= 0.3 is 0 Å². The molecule has 2 aliphatic heterocycles. The van der Waals surface area contributed by atoms with E-state index in [-0.39, 0.29) is 24.0 Å². The Morgan fingerprint density at radius 3 is 2.46 bits per heavy atom. The van der Waals surface area contributed by atoms with Crippen LogP contribution in [-0.4, -0.2) is 73.0 Å². The molecule has 6 rings (SSSR count). The van der Waals surface area contributed by atoms with Crippen LogP contribution in [0.15, 0.2) is 72.5 Å². The molecule has 2 unspecified atom stereocenters. The van der Waals surface area contributed by atoms with Crippen LogP contribution in [0, 0.1) is 20.8 Å². The molecule has 2 saturated heterocycles. The lowest BCUT2D eigenvalue weighted by molar-refractivity contribution is -0.149. The van der Waals surface area contributed by atoms with E-state index in [1.54, 1.807) is 0 Å². The molecule has 0 bridgehead atoms. The lowest BCUT2D eigenvalue weighted by Gasteiger charge is -2.44. The highest BCUT2D eigenvalue weighted by Gasteiger charge is 2.41. The molecule has 3 fully saturated rings. The Morgan fingerprint density at radius 2 is 1.67 bits per heavy atom. The highest BCUT2D eigenvalue weighted by Crippen LogP contribution is 2.34. The third-order valence-corrected chi connectivity index (χ3v) is 9.74. The number of anilines is 1. The quantitative estimate of drug-likeness (QED) is 0.226. The van der Waals surface area contributed by atoms with Crippen LogP contribution in [0.1, 0.15) is 70.3 Å². The van der Waals surface area contributed by atoms with Crippen LogP contribution < -0.4 is 10.2 Å². The van der Waals surface area contributed by atoms with Crippen molar-refractivity contribution in [3.8, 4) is 0 Å². The van der Waals surface area contributed by atoms with Gasteiger partial charge in [-0.25, -0.2) is 0 Å². The van der Waals surface area contributed by atoms with Gasteiger partial charge in [0.05, 0.1) is 6.04 Å². The van der Waals surface area contributed by atoms with Crippen LogP contribution in [0.3, 0.4) is 0 Å². The van der Waals surface area contributed by atoms with Gasteiger partial charge in [0, 0.05) is 50.5 Å². The Morgan fingerprint density at radius 1 is 0.913 bits per heavy atom. The summed E-state index contributed by atoms with van der Waals surface area (Å²) < 4.78 is 6.31. The SMILES string of the molecule is Cc1cccc(CN2C(=O)/C(=C\c3ccc(C(=O)NCCCN4CCN(c5cc(C)ccc5C)CC4)cc3)OC3CCCCC32)c1. The summed E-state index contributed by atoms with van der Waals surface area (Å²) in [6, 6.07) is 22.6. The summed E-state index contributed by atoms with van der Waals surface area (Å²) >= 11 is 0. The van der Waals surface area contributed by atoms with Crippen molar-refractivity contribution in [2.75, 3.05) is 44.2 Å². The van der Waals surface area contributed by atoms with Gasteiger partial charge in [-0.15, -0.1) is 0 Å². The van der Waals surface area contributed by atoms with E-state index in [0.29, 0.717) is 24.4 Å². The van der Waals surface area contributed by atoms with E-state index in [4.69, 9.17) is 4.74 Å². The number of rotatable bonds is 9. The number of aryl methyl sites for hydroxylation is 3. The molecule has 2 heterocycles. The molecular formula is C39H48N4O3. The first-order valence-electron chi connectivity index (χ1n) is 17.0. The van der Waals surface area contributed by atoms with Gasteiger partial charge in [-0.3, -0.25) is 14.5 Å². The molecule has 7 heteroatoms. The van der Waals surface area contributed by atoms with E-state index >= 15 is 0 Å². The monoisotopic (exact) mass is 620 g/mol. The average Bonchev–Trinajstić information content (AvgIpc) is 3.07. The van der Waals surface area contributed by atoms with Crippen molar-refractivity contribution < 1.29 is 14.3 Å². The lowest BCUT2D eigenvalue weighted by atomic mass is 9.89. The van der Waals surface area contributed by atoms with E-state index in [2.05, 4.69) is 78.4 Å². The second kappa shape index (κ2) is 14.5. The molecule has 2 atom stereocenters. The number of piperazine rings is 1. The Labute approximate surface area is 274 Å². The van der Waals surface area contributed by atoms with Crippen molar-refractivity contribution in [2.24, 2.45) is 0 Å². The first-order chi connectivity index (χ1) is 22.3. The van der Waals surface area contributed by atoms with Crippen LogP contribution in [-0.2, 0) is 16.1 Å². The minimum atomic E-state index is -0.0710. The van der Waals surface area contributed by atoms with Gasteiger partial charge in [-0.2, -0.15) is 0 Å². The summed E-state index contributed by atoms with van der Waals surface area (Å²) in [6.45, 7) is 12.8. The summed E-state index contributed by atoms with van der Waals surface area (Å²) in [5.74, 6) is 0.263. The fraction of sp³-hybridized carbons (Fsp3) is 0.436. The normalized spacial score (nSPS) is 21.2. The smallest absolute Gasteiger partial charge is 0.289 e. The molecule has 3 aliphatic rings. The molecule has 3 aromatic carbocycles. The van der Waals surface area contributed by atoms with Gasteiger partial charge in [0.15, 0.2) is 5.76 Å². The molecule has 1 aliphatic carbocycles. The Bertz CT molecular complexity index is 1560. The van der Waals surface area contributed by atoms with Crippen LogP contribution >= 0.6 is 0 Å². The molecule has 3 aromatic rings. The van der Waals surface area contributed by atoms with Crippen LogP contribution in [0.4, 0.5) is 5.69 Å². The highest BCUT2D eigenvalue weighted by atomic mass is 16.5. The minimum Gasteiger partial charge on any atom is -0.482 e. The number of carbonyl (C=O) groups excluding carboxylic acids is 2. The molecule has 0 aromatic heterocycles. The molecule has 1 N–H and O–H groups in total. The maximum atomic E-state index is 13.7. The van der Waals surface area contributed by atoms with E-state index in [9.17, 15) is 9.59 Å². The number of nitrogens with one attached hydrogen (secondary N) is 1. The molecule has 2 amide bonds. The van der Waals surface area contributed by atoms with Gasteiger partial charge in [-0.1, -0.05) is 60.5 Å². The number of carbonyl (C=O) groups is 2. The molecule has 1 saturated carbocycles. The molecule has 7 nitrogen and oxygen atoms in total. The average molecular weight is 621 g/mol. The fourth-order valence-electron chi connectivity index (χ4n) is 7.13. The number of ether oxygens (including phenoxy) is 1. The van der Waals surface area contributed by atoms with Crippen LogP contribution in [0.5, 0.6) is 0 Å². The van der Waals surface area contributed by atoms with Crippen LogP contribution in [0.25, 0.3) is 6.08 Å². The fourth-order valence-corrected chi connectivity index (χ4v) is 7.13. The number of benzene rings is 3. The topological polar surface area (TPSA) is 65.1 Å². The number of hydrogen-bond donors (Lipinski definition) is 1. The third kappa shape index (κ3) is 7.64. The van der Waals surface area contributed by atoms with Crippen molar-refractivity contribution in [1.82, 2.24) is 15.1 Å². The zero-order valence-electron chi connectivity index (χ0n) is 27.6. The van der Waals surface area contributed by atoms with Gasteiger partial charge in [0.1, 0.15) is 6.10 Å². The van der Waals surface area contributed by atoms with Crippen LogP contribution in [0.2, 0.25) is 0 Å².